The van der Waals surface area contributed by atoms with Crippen molar-refractivity contribution in [3.63, 3.8) is 0 Å². The maximum atomic E-state index is 12.9. The van der Waals surface area contributed by atoms with Crippen LogP contribution >= 0.6 is 34.5 Å². The molecule has 2 amide bonds. The van der Waals surface area contributed by atoms with Crippen LogP contribution in [-0.4, -0.2) is 69.5 Å². The van der Waals surface area contributed by atoms with E-state index in [4.69, 9.17) is 28.3 Å². The van der Waals surface area contributed by atoms with Crippen molar-refractivity contribution in [2.75, 3.05) is 36.5 Å². The Hall–Kier alpha value is -2.17. The highest BCUT2D eigenvalue weighted by atomic mass is 35.5. The molecule has 32 heavy (non-hydrogen) atoms. The number of carbonyl (C=O) groups excluding carboxylic acids is 1. The van der Waals surface area contributed by atoms with E-state index in [0.29, 0.717) is 40.6 Å². The molecule has 1 aliphatic rings. The zero-order valence-corrected chi connectivity index (χ0v) is 19.7. The molecule has 1 aliphatic heterocycles. The van der Waals surface area contributed by atoms with Crippen LogP contribution in [0.25, 0.3) is 10.2 Å². The molecule has 4 rings (SSSR count). The number of urea groups is 1. The molecular weight excluding hydrogens is 473 g/mol. The number of rotatable bonds is 5. The first-order valence-electron chi connectivity index (χ1n) is 10.2. The van der Waals surface area contributed by atoms with Crippen LogP contribution in [-0.2, 0) is 6.42 Å². The van der Waals surface area contributed by atoms with Gasteiger partial charge in [0.05, 0.1) is 28.0 Å². The summed E-state index contributed by atoms with van der Waals surface area (Å²) in [5.74, 6) is 0.642. The molecule has 1 fully saturated rings. The molecule has 1 saturated heterocycles. The summed E-state index contributed by atoms with van der Waals surface area (Å²) in [5, 5.41) is 23.2. The lowest BCUT2D eigenvalue weighted by atomic mass is 10.1. The van der Waals surface area contributed by atoms with Gasteiger partial charge in [-0.05, 0) is 36.8 Å². The Morgan fingerprint density at radius 3 is 2.88 bits per heavy atom. The first-order chi connectivity index (χ1) is 15.3. The van der Waals surface area contributed by atoms with Crippen LogP contribution in [0.2, 0.25) is 10.0 Å². The summed E-state index contributed by atoms with van der Waals surface area (Å²) in [6.45, 7) is 3.33. The van der Waals surface area contributed by atoms with E-state index in [0.717, 1.165) is 15.8 Å². The quantitative estimate of drug-likeness (QED) is 0.499. The summed E-state index contributed by atoms with van der Waals surface area (Å²) in [4.78, 5) is 25.6. The van der Waals surface area contributed by atoms with Gasteiger partial charge in [-0.3, -0.25) is 5.32 Å². The summed E-state index contributed by atoms with van der Waals surface area (Å²) >= 11 is 13.9. The molecule has 8 nitrogen and oxygen atoms in total. The van der Waals surface area contributed by atoms with E-state index >= 15 is 0 Å². The van der Waals surface area contributed by atoms with Gasteiger partial charge in [0, 0.05) is 43.3 Å². The molecular formula is C21H23Cl2N5O3S. The number of nitrogens with zero attached hydrogens (tertiary/aromatic N) is 4. The molecule has 0 spiro atoms. The Balaban J connectivity index is 1.39. The van der Waals surface area contributed by atoms with Crippen LogP contribution in [0.5, 0.6) is 0 Å². The Morgan fingerprint density at radius 2 is 2.16 bits per heavy atom. The number of aromatic nitrogens is 2. The lowest BCUT2D eigenvalue weighted by Gasteiger charge is -2.40. The Kier molecular flexibility index (Phi) is 7.02. The van der Waals surface area contributed by atoms with Crippen molar-refractivity contribution in [2.24, 2.45) is 0 Å². The van der Waals surface area contributed by atoms with Crippen LogP contribution in [0.4, 0.5) is 15.7 Å². The molecule has 3 aromatic rings. The fourth-order valence-electron chi connectivity index (χ4n) is 3.72. The van der Waals surface area contributed by atoms with Gasteiger partial charge in [0.1, 0.15) is 5.82 Å². The van der Waals surface area contributed by atoms with Gasteiger partial charge in [0.25, 0.3) is 0 Å². The van der Waals surface area contributed by atoms with Gasteiger partial charge < -0.3 is 20.0 Å². The van der Waals surface area contributed by atoms with Crippen molar-refractivity contribution in [3.05, 3.63) is 46.1 Å². The zero-order chi connectivity index (χ0) is 22.8. The summed E-state index contributed by atoms with van der Waals surface area (Å²) in [7, 11) is 0. The topological polar surface area (TPSA) is 102 Å². The van der Waals surface area contributed by atoms with E-state index < -0.39 is 6.10 Å². The summed E-state index contributed by atoms with van der Waals surface area (Å²) < 4.78 is 0.918. The molecule has 0 saturated carbocycles. The Bertz CT molecular complexity index is 1130. The van der Waals surface area contributed by atoms with E-state index in [9.17, 15) is 9.90 Å². The van der Waals surface area contributed by atoms with Gasteiger partial charge in [0.2, 0.25) is 0 Å². The summed E-state index contributed by atoms with van der Waals surface area (Å²) in [6, 6.07) is 6.93. The minimum Gasteiger partial charge on any atom is -0.394 e. The van der Waals surface area contributed by atoms with Gasteiger partial charge >= 0.3 is 6.03 Å². The van der Waals surface area contributed by atoms with Crippen LogP contribution in [0.15, 0.2) is 30.5 Å². The first kappa shape index (κ1) is 23.0. The van der Waals surface area contributed by atoms with E-state index in [2.05, 4.69) is 15.3 Å². The number of piperazine rings is 1. The number of nitrogens with one attached hydrogen (secondary N) is 1. The fourth-order valence-corrected chi connectivity index (χ4v) is 5.16. The minimum absolute atomic E-state index is 0.0682. The number of aliphatic hydroxyl groups excluding tert-OH is 2. The third kappa shape index (κ3) is 5.07. The minimum atomic E-state index is -0.840. The van der Waals surface area contributed by atoms with E-state index in [-0.39, 0.29) is 25.1 Å². The van der Waals surface area contributed by atoms with Crippen molar-refractivity contribution in [3.8, 4) is 0 Å². The second kappa shape index (κ2) is 9.76. The molecule has 0 unspecified atom stereocenters. The van der Waals surface area contributed by atoms with E-state index in [1.54, 1.807) is 23.2 Å². The molecule has 2 atom stereocenters. The molecule has 1 aromatic carbocycles. The summed E-state index contributed by atoms with van der Waals surface area (Å²) in [5.41, 5.74) is 1.55. The van der Waals surface area contributed by atoms with E-state index in [1.807, 2.05) is 24.0 Å². The van der Waals surface area contributed by atoms with Crippen molar-refractivity contribution >= 4 is 61.7 Å². The largest absolute Gasteiger partial charge is 0.394 e. The van der Waals surface area contributed by atoms with Crippen LogP contribution < -0.4 is 10.2 Å². The molecule has 3 N–H and O–H groups in total. The predicted octanol–water partition coefficient (Wildman–Crippen LogP) is 3.64. The standard InChI is InChI=1S/C21H23Cl2N5O3S/c1-12-10-27(19-16(23)7-13(9-24-19)6-15(30)11-29)4-5-28(12)21(31)26-20-25-17-3-2-14(22)8-18(17)32-20/h2-3,7-9,12,15,29-30H,4-6,10-11H2,1H3,(H,25,26,31)/t12-,15-/m0/s1. The zero-order valence-electron chi connectivity index (χ0n) is 17.3. The highest BCUT2D eigenvalue weighted by molar-refractivity contribution is 7.22. The van der Waals surface area contributed by atoms with Crippen molar-refractivity contribution in [1.29, 1.82) is 0 Å². The number of thiazole rings is 1. The average molecular weight is 496 g/mol. The van der Waals surface area contributed by atoms with Crippen LogP contribution in [0.3, 0.4) is 0 Å². The van der Waals surface area contributed by atoms with E-state index in [1.165, 1.54) is 11.3 Å². The predicted molar refractivity (Wildman–Crippen MR) is 128 cm³/mol. The average Bonchev–Trinajstić information content (AvgIpc) is 3.14. The van der Waals surface area contributed by atoms with Crippen LogP contribution in [0, 0.1) is 0 Å². The lowest BCUT2D eigenvalue weighted by Crippen LogP contribution is -2.55. The molecule has 2 aromatic heterocycles. The fraction of sp³-hybridized carbons (Fsp3) is 0.381. The van der Waals surface area contributed by atoms with Crippen molar-refractivity contribution in [1.82, 2.24) is 14.9 Å². The normalized spacial score (nSPS) is 17.6. The molecule has 3 heterocycles. The van der Waals surface area contributed by atoms with Gasteiger partial charge in [0.15, 0.2) is 5.13 Å². The molecule has 0 radical (unpaired) electrons. The maximum absolute atomic E-state index is 12.9. The number of pyridine rings is 1. The number of hydrogen-bond donors (Lipinski definition) is 3. The number of halogens is 2. The lowest BCUT2D eigenvalue weighted by molar-refractivity contribution is 0.0954. The van der Waals surface area contributed by atoms with Gasteiger partial charge in [-0.15, -0.1) is 0 Å². The van der Waals surface area contributed by atoms with Gasteiger partial charge in [-0.2, -0.15) is 0 Å². The molecule has 170 valence electrons. The molecule has 0 bridgehead atoms. The first-order valence-corrected chi connectivity index (χ1v) is 11.7. The van der Waals surface area contributed by atoms with Crippen molar-refractivity contribution in [2.45, 2.75) is 25.5 Å². The van der Waals surface area contributed by atoms with Crippen LogP contribution in [0.1, 0.15) is 12.5 Å². The number of aliphatic hydroxyl groups is 2. The third-order valence-electron chi connectivity index (χ3n) is 5.31. The molecule has 0 aliphatic carbocycles. The SMILES string of the molecule is C[C@H]1CN(c2ncc(C[C@H](O)CO)cc2Cl)CCN1C(=O)Nc1nc2ccc(Cl)cc2s1. The third-order valence-corrected chi connectivity index (χ3v) is 6.76. The second-order valence-electron chi connectivity index (χ2n) is 7.74. The number of amides is 2. The number of benzene rings is 1. The summed E-state index contributed by atoms with van der Waals surface area (Å²) in [6.07, 6.45) is 1.10. The Labute approximate surface area is 199 Å². The number of carbonyl (C=O) groups is 1. The maximum Gasteiger partial charge on any atom is 0.324 e. The van der Waals surface area contributed by atoms with Gasteiger partial charge in [-0.1, -0.05) is 34.5 Å². The number of anilines is 2. The van der Waals surface area contributed by atoms with Gasteiger partial charge in [-0.25, -0.2) is 14.8 Å². The Morgan fingerprint density at radius 1 is 1.34 bits per heavy atom. The molecule has 11 heteroatoms. The van der Waals surface area contributed by atoms with Crippen molar-refractivity contribution < 1.29 is 15.0 Å². The second-order valence-corrected chi connectivity index (χ2v) is 9.61. The monoisotopic (exact) mass is 495 g/mol. The number of hydrogen-bond acceptors (Lipinski definition) is 7. The highest BCUT2D eigenvalue weighted by Crippen LogP contribution is 2.30. The number of fused-ring (bicyclic) bond motifs is 1. The smallest absolute Gasteiger partial charge is 0.324 e. The highest BCUT2D eigenvalue weighted by Gasteiger charge is 2.29.